The fraction of sp³-hybridized carbons (Fsp3) is 0.683. The molecule has 1 aromatic heterocycles. The van der Waals surface area contributed by atoms with Gasteiger partial charge < -0.3 is 19.5 Å². The van der Waals surface area contributed by atoms with Crippen LogP contribution in [0.25, 0.3) is 0 Å². The van der Waals surface area contributed by atoms with E-state index in [1.54, 1.807) is 29.4 Å². The molecule has 1 amide bonds. The lowest BCUT2D eigenvalue weighted by Crippen LogP contribution is -2.55. The molecule has 8 rings (SSSR count). The molecule has 5 aliphatic carbocycles. The summed E-state index contributed by atoms with van der Waals surface area (Å²) in [7, 11) is 1.00. The molecule has 5 saturated carbocycles. The molecule has 272 valence electrons. The summed E-state index contributed by atoms with van der Waals surface area (Å²) in [6.45, 7) is 9.40. The minimum Gasteiger partial charge on any atom is -0.458 e. The zero-order valence-electron chi connectivity index (χ0n) is 30.3. The molecule has 1 aromatic carbocycles. The van der Waals surface area contributed by atoms with Gasteiger partial charge in [-0.2, -0.15) is 0 Å². The van der Waals surface area contributed by atoms with E-state index in [1.165, 1.54) is 51.2 Å². The van der Waals surface area contributed by atoms with Gasteiger partial charge in [-0.3, -0.25) is 9.78 Å². The Balaban J connectivity index is 0.00000193. The maximum atomic E-state index is 13.9. The van der Waals surface area contributed by atoms with Crippen LogP contribution < -0.4 is 0 Å². The van der Waals surface area contributed by atoms with Gasteiger partial charge in [0, 0.05) is 51.0 Å². The van der Waals surface area contributed by atoms with Crippen LogP contribution in [0.15, 0.2) is 42.7 Å². The molecule has 2 aromatic rings. The monoisotopic (exact) mass is 692 g/mol. The summed E-state index contributed by atoms with van der Waals surface area (Å²) < 4.78 is 40.9. The molecule has 1 aliphatic heterocycles. The molecule has 1 N–H and O–H groups in total. The van der Waals surface area contributed by atoms with Gasteiger partial charge >= 0.3 is 5.97 Å². The summed E-state index contributed by atoms with van der Waals surface area (Å²) in [5, 5.41) is 7.00. The molecule has 10 atom stereocenters. The van der Waals surface area contributed by atoms with Crippen molar-refractivity contribution in [2.75, 3.05) is 13.7 Å². The highest BCUT2D eigenvalue weighted by atomic mass is 19.1. The van der Waals surface area contributed by atoms with Gasteiger partial charge in [0.15, 0.2) is 0 Å². The summed E-state index contributed by atoms with van der Waals surface area (Å²) >= 11 is 0. The highest BCUT2D eigenvalue weighted by molar-refractivity contribution is 5.89. The molecule has 2 spiro atoms. The number of esters is 1. The molecule has 8 unspecified atom stereocenters. The fourth-order valence-corrected chi connectivity index (χ4v) is 12.8. The third kappa shape index (κ3) is 5.60. The predicted molar refractivity (Wildman–Crippen MR) is 185 cm³/mol. The molecule has 6 fully saturated rings. The number of carbonyl (C=O) groups excluding carboxylic acids is 2. The lowest BCUT2D eigenvalue weighted by Gasteiger charge is -2.59. The molecule has 6 aliphatic rings. The van der Waals surface area contributed by atoms with E-state index in [-0.39, 0.29) is 47.6 Å². The number of aromatic nitrogens is 1. The van der Waals surface area contributed by atoms with Crippen molar-refractivity contribution in [2.24, 2.45) is 45.3 Å². The van der Waals surface area contributed by atoms with Gasteiger partial charge in [-0.1, -0.05) is 20.8 Å². The van der Waals surface area contributed by atoms with Crippen LogP contribution in [-0.4, -0.2) is 58.8 Å². The number of fused-ring (bicyclic) bond motifs is 4. The fourth-order valence-electron chi connectivity index (χ4n) is 12.8. The molecular weight excluding hydrogens is 638 g/mol. The second kappa shape index (κ2) is 12.9. The number of nitrogens with zero attached hydrogens (tertiary/aromatic N) is 2. The zero-order valence-corrected chi connectivity index (χ0v) is 30.3. The van der Waals surface area contributed by atoms with Gasteiger partial charge in [-0.15, -0.1) is 0 Å². The quantitative estimate of drug-likeness (QED) is 0.312. The zero-order chi connectivity index (χ0) is 35.6. The Morgan fingerprint density at radius 1 is 0.960 bits per heavy atom. The van der Waals surface area contributed by atoms with E-state index in [9.17, 15) is 18.4 Å². The van der Waals surface area contributed by atoms with Crippen LogP contribution in [0, 0.1) is 57.0 Å². The van der Waals surface area contributed by atoms with Gasteiger partial charge in [0.25, 0.3) is 0 Å². The molecule has 1 saturated heterocycles. The maximum Gasteiger partial charge on any atom is 0.339 e. The first-order valence-corrected chi connectivity index (χ1v) is 18.8. The highest BCUT2D eigenvalue weighted by Crippen LogP contribution is 2.87. The van der Waals surface area contributed by atoms with Crippen LogP contribution in [0.1, 0.15) is 108 Å². The number of pyridine rings is 1. The van der Waals surface area contributed by atoms with Crippen LogP contribution in [0.5, 0.6) is 0 Å². The number of aliphatic hydroxyl groups is 1. The number of halogens is 2. The van der Waals surface area contributed by atoms with E-state index in [0.717, 1.165) is 45.3 Å². The second-order valence-corrected chi connectivity index (χ2v) is 17.2. The number of benzene rings is 1. The minimum atomic E-state index is -0.628. The van der Waals surface area contributed by atoms with Gasteiger partial charge in [0.1, 0.15) is 17.7 Å². The number of amides is 1. The van der Waals surface area contributed by atoms with Crippen molar-refractivity contribution in [1.29, 1.82) is 0 Å². The SMILES string of the molecule is CC(=O)N(Cc1cc(F)cc(F)c1)CC1CCC2C(CC3C4CCC5C(C)(C)[C@@H](OC(=O)c6cccnc6)CCC56C[C@@]46CCC23C)O1.CO. The average Bonchev–Trinajstić information content (AvgIpc) is 3.66. The summed E-state index contributed by atoms with van der Waals surface area (Å²) in [6.07, 6.45) is 14.8. The Morgan fingerprint density at radius 3 is 2.40 bits per heavy atom. The smallest absolute Gasteiger partial charge is 0.339 e. The van der Waals surface area contributed by atoms with E-state index in [0.29, 0.717) is 52.2 Å². The first kappa shape index (κ1) is 35.5. The topological polar surface area (TPSA) is 89.0 Å². The van der Waals surface area contributed by atoms with E-state index in [2.05, 4.69) is 25.8 Å². The molecule has 50 heavy (non-hydrogen) atoms. The summed E-state index contributed by atoms with van der Waals surface area (Å²) in [6, 6.07) is 7.04. The van der Waals surface area contributed by atoms with E-state index in [4.69, 9.17) is 14.6 Å². The standard InChI is InChI=1S/C40H50F2N2O4.CH4O/c1-24(45)44(21-25-16-27(41)18-28(42)17-25)22-29-7-8-31-33(47-29)19-32-30-9-10-34-37(2,3)35(48-36(46)26-6-5-15-43-20-26)11-12-40(34)23-39(30,40)14-13-38(31,32)4;1-2/h5-6,15-18,20,29-35H,7-14,19,21-23H2,1-4H3;2H,1H3/t29?,30?,31?,32?,33?,34?,35-,38?,39-,40?;/m0./s1. The van der Waals surface area contributed by atoms with Gasteiger partial charge in [0.2, 0.25) is 5.91 Å². The Morgan fingerprint density at radius 2 is 1.70 bits per heavy atom. The number of carbonyl (C=O) groups is 2. The number of hydrogen-bond donors (Lipinski definition) is 1. The van der Waals surface area contributed by atoms with Crippen molar-refractivity contribution in [3.8, 4) is 0 Å². The molecular formula is C41H54F2N2O5. The van der Waals surface area contributed by atoms with Crippen molar-refractivity contribution in [2.45, 2.75) is 117 Å². The Hall–Kier alpha value is -2.91. The summed E-state index contributed by atoms with van der Waals surface area (Å²) in [4.78, 5) is 31.5. The third-order valence-electron chi connectivity index (χ3n) is 14.9. The van der Waals surface area contributed by atoms with Crippen molar-refractivity contribution in [1.82, 2.24) is 9.88 Å². The predicted octanol–water partition coefficient (Wildman–Crippen LogP) is 7.75. The first-order chi connectivity index (χ1) is 23.9. The maximum absolute atomic E-state index is 13.9. The van der Waals surface area contributed by atoms with E-state index in [1.807, 2.05) is 0 Å². The van der Waals surface area contributed by atoms with Crippen LogP contribution in [-0.2, 0) is 20.8 Å². The first-order valence-electron chi connectivity index (χ1n) is 18.8. The third-order valence-corrected chi connectivity index (χ3v) is 14.9. The van der Waals surface area contributed by atoms with Crippen molar-refractivity contribution < 1.29 is 33.0 Å². The number of ether oxygens (including phenoxy) is 2. The lowest BCUT2D eigenvalue weighted by atomic mass is 9.46. The molecule has 0 bridgehead atoms. The van der Waals surface area contributed by atoms with Crippen LogP contribution in [0.3, 0.4) is 0 Å². The van der Waals surface area contributed by atoms with Crippen LogP contribution in [0.2, 0.25) is 0 Å². The normalized spacial score (nSPS) is 38.8. The van der Waals surface area contributed by atoms with Gasteiger partial charge in [0.05, 0.1) is 17.8 Å². The average molecular weight is 693 g/mol. The van der Waals surface area contributed by atoms with Crippen molar-refractivity contribution >= 4 is 11.9 Å². The molecule has 7 nitrogen and oxygen atoms in total. The largest absolute Gasteiger partial charge is 0.458 e. The van der Waals surface area contributed by atoms with Crippen LogP contribution in [0.4, 0.5) is 8.78 Å². The van der Waals surface area contributed by atoms with E-state index < -0.39 is 11.6 Å². The van der Waals surface area contributed by atoms with Gasteiger partial charge in [-0.25, -0.2) is 13.6 Å². The van der Waals surface area contributed by atoms with Crippen LogP contribution >= 0.6 is 0 Å². The number of rotatable bonds is 6. The second-order valence-electron chi connectivity index (χ2n) is 17.2. The Labute approximate surface area is 295 Å². The lowest BCUT2D eigenvalue weighted by molar-refractivity contribution is -0.141. The molecule has 2 heterocycles. The molecule has 0 radical (unpaired) electrons. The van der Waals surface area contributed by atoms with Gasteiger partial charge in [-0.05, 0) is 134 Å². The van der Waals surface area contributed by atoms with Crippen molar-refractivity contribution in [3.63, 3.8) is 0 Å². The number of aliphatic hydroxyl groups excluding tert-OH is 1. The van der Waals surface area contributed by atoms with E-state index >= 15 is 0 Å². The Bertz CT molecular complexity index is 1580. The summed E-state index contributed by atoms with van der Waals surface area (Å²) in [5.41, 5.74) is 1.93. The summed E-state index contributed by atoms with van der Waals surface area (Å²) in [5.74, 6) is 0.816. The molecule has 9 heteroatoms. The number of hydrogen-bond acceptors (Lipinski definition) is 6. The van der Waals surface area contributed by atoms with Crippen molar-refractivity contribution in [3.05, 3.63) is 65.5 Å². The Kier molecular flexibility index (Phi) is 9.19. The highest BCUT2D eigenvalue weighted by Gasteiger charge is 2.80. The minimum absolute atomic E-state index is 0.0697.